The summed E-state index contributed by atoms with van der Waals surface area (Å²) in [5, 5.41) is 9.64. The van der Waals surface area contributed by atoms with Gasteiger partial charge in [-0.15, -0.1) is 18.3 Å². The Balaban J connectivity index is 2.33. The van der Waals surface area contributed by atoms with Gasteiger partial charge in [0.2, 0.25) is 0 Å². The van der Waals surface area contributed by atoms with Crippen molar-refractivity contribution in [2.75, 3.05) is 6.61 Å². The number of carbonyl (C=O) groups excluding carboxylic acids is 1. The van der Waals surface area contributed by atoms with Gasteiger partial charge in [-0.25, -0.2) is 4.79 Å². The van der Waals surface area contributed by atoms with Crippen LogP contribution in [-0.2, 0) is 4.74 Å². The van der Waals surface area contributed by atoms with Crippen molar-refractivity contribution in [3.05, 3.63) is 30.0 Å². The van der Waals surface area contributed by atoms with Gasteiger partial charge in [0.15, 0.2) is 5.69 Å². The molecule has 0 saturated carbocycles. The topological polar surface area (TPSA) is 77.1 Å². The van der Waals surface area contributed by atoms with Crippen LogP contribution in [0, 0.1) is 0 Å². The number of carbonyl (C=O) groups is 1. The van der Waals surface area contributed by atoms with Crippen LogP contribution in [-0.4, -0.2) is 34.3 Å². The predicted molar refractivity (Wildman–Crippen MR) is 64.5 cm³/mol. The smallest absolute Gasteiger partial charge is 0.461 e. The molecular weight excluding hydrogens is 291 g/mol. The van der Waals surface area contributed by atoms with Crippen LogP contribution < -0.4 is 4.74 Å². The number of halogens is 3. The lowest BCUT2D eigenvalue weighted by Crippen LogP contribution is -2.17. The van der Waals surface area contributed by atoms with E-state index in [1.807, 2.05) is 0 Å². The molecule has 0 spiro atoms. The maximum Gasteiger partial charge on any atom is 0.573 e. The summed E-state index contributed by atoms with van der Waals surface area (Å²) in [5.74, 6) is -1.14. The van der Waals surface area contributed by atoms with Gasteiger partial charge in [0.1, 0.15) is 11.4 Å². The molecular formula is C12H10F3N3O3. The summed E-state index contributed by atoms with van der Waals surface area (Å²) >= 11 is 0. The highest BCUT2D eigenvalue weighted by Gasteiger charge is 2.31. The number of esters is 1. The van der Waals surface area contributed by atoms with E-state index in [4.69, 9.17) is 4.74 Å². The van der Waals surface area contributed by atoms with E-state index in [2.05, 4.69) is 20.1 Å². The summed E-state index contributed by atoms with van der Waals surface area (Å²) in [6.45, 7) is 1.76. The second-order valence-corrected chi connectivity index (χ2v) is 3.82. The molecule has 0 bridgehead atoms. The van der Waals surface area contributed by atoms with Crippen LogP contribution in [0.5, 0.6) is 5.75 Å². The van der Waals surface area contributed by atoms with Crippen LogP contribution >= 0.6 is 0 Å². The van der Waals surface area contributed by atoms with E-state index >= 15 is 0 Å². The van der Waals surface area contributed by atoms with E-state index in [0.29, 0.717) is 0 Å². The minimum atomic E-state index is -4.80. The molecule has 2 aromatic rings. The molecule has 6 nitrogen and oxygen atoms in total. The number of alkyl halides is 3. The third kappa shape index (κ3) is 3.71. The lowest BCUT2D eigenvalue weighted by molar-refractivity contribution is -0.274. The van der Waals surface area contributed by atoms with Crippen molar-refractivity contribution < 1.29 is 27.4 Å². The molecule has 0 amide bonds. The summed E-state index contributed by atoms with van der Waals surface area (Å²) < 4.78 is 45.2. The van der Waals surface area contributed by atoms with Crippen molar-refractivity contribution in [3.8, 4) is 17.0 Å². The van der Waals surface area contributed by atoms with Crippen LogP contribution in [0.25, 0.3) is 11.3 Å². The molecule has 1 aromatic carbocycles. The molecule has 0 saturated heterocycles. The third-order valence-electron chi connectivity index (χ3n) is 2.36. The highest BCUT2D eigenvalue weighted by molar-refractivity contribution is 5.93. The number of H-pyrrole nitrogens is 1. The van der Waals surface area contributed by atoms with Gasteiger partial charge in [-0.1, -0.05) is 12.1 Å². The lowest BCUT2D eigenvalue weighted by Gasteiger charge is -2.09. The average molecular weight is 301 g/mol. The fourth-order valence-corrected chi connectivity index (χ4v) is 1.61. The highest BCUT2D eigenvalue weighted by Crippen LogP contribution is 2.28. The van der Waals surface area contributed by atoms with Crippen molar-refractivity contribution in [3.63, 3.8) is 0 Å². The third-order valence-corrected chi connectivity index (χ3v) is 2.36. The van der Waals surface area contributed by atoms with Crippen molar-refractivity contribution in [1.82, 2.24) is 15.4 Å². The van der Waals surface area contributed by atoms with Gasteiger partial charge in [0.25, 0.3) is 0 Å². The standard InChI is InChI=1S/C12H10F3N3O3/c1-2-20-11(19)10-9(16-18-17-10)7-4-3-5-8(6-7)21-12(13,14)15/h3-6H,2H2,1H3,(H,16,17,18). The Morgan fingerprint density at radius 2 is 2.10 bits per heavy atom. The first-order chi connectivity index (χ1) is 9.90. The number of hydrogen-bond donors (Lipinski definition) is 1. The highest BCUT2D eigenvalue weighted by atomic mass is 19.4. The normalized spacial score (nSPS) is 11.2. The van der Waals surface area contributed by atoms with Gasteiger partial charge in [-0.3, -0.25) is 0 Å². The van der Waals surface area contributed by atoms with E-state index in [0.717, 1.165) is 12.1 Å². The van der Waals surface area contributed by atoms with Crippen molar-refractivity contribution in [2.45, 2.75) is 13.3 Å². The average Bonchev–Trinajstić information content (AvgIpc) is 2.86. The van der Waals surface area contributed by atoms with Crippen LogP contribution in [0.4, 0.5) is 13.2 Å². The monoisotopic (exact) mass is 301 g/mol. The van der Waals surface area contributed by atoms with Crippen LogP contribution in [0.1, 0.15) is 17.4 Å². The molecule has 0 aliphatic heterocycles. The van der Waals surface area contributed by atoms with Gasteiger partial charge in [-0.05, 0) is 19.1 Å². The van der Waals surface area contributed by atoms with Crippen LogP contribution in [0.15, 0.2) is 24.3 Å². The van der Waals surface area contributed by atoms with E-state index in [9.17, 15) is 18.0 Å². The summed E-state index contributed by atoms with van der Waals surface area (Å²) in [5.41, 5.74) is 0.218. The number of nitrogens with one attached hydrogen (secondary N) is 1. The Morgan fingerprint density at radius 1 is 1.33 bits per heavy atom. The minimum Gasteiger partial charge on any atom is -0.461 e. The molecule has 0 aliphatic rings. The van der Waals surface area contributed by atoms with Crippen LogP contribution in [0.2, 0.25) is 0 Å². The maximum atomic E-state index is 12.2. The van der Waals surface area contributed by atoms with Gasteiger partial charge >= 0.3 is 12.3 Å². The second kappa shape index (κ2) is 5.81. The number of nitrogens with zero attached hydrogens (tertiary/aromatic N) is 2. The summed E-state index contributed by atoms with van der Waals surface area (Å²) in [6, 6.07) is 5.07. The van der Waals surface area contributed by atoms with Crippen molar-refractivity contribution >= 4 is 5.97 Å². The van der Waals surface area contributed by atoms with Gasteiger partial charge in [-0.2, -0.15) is 10.3 Å². The predicted octanol–water partition coefficient (Wildman–Crippen LogP) is 2.55. The zero-order chi connectivity index (χ0) is 15.5. The van der Waals surface area contributed by atoms with Gasteiger partial charge < -0.3 is 9.47 Å². The van der Waals surface area contributed by atoms with Gasteiger partial charge in [0, 0.05) is 5.56 Å². The molecule has 1 heterocycles. The Kier molecular flexibility index (Phi) is 4.10. The van der Waals surface area contributed by atoms with E-state index in [1.54, 1.807) is 6.92 Å². The maximum absolute atomic E-state index is 12.2. The molecule has 1 N–H and O–H groups in total. The first-order valence-corrected chi connectivity index (χ1v) is 5.85. The first-order valence-electron chi connectivity index (χ1n) is 5.85. The SMILES string of the molecule is CCOC(=O)c1n[nH]nc1-c1cccc(OC(F)(F)F)c1. The summed E-state index contributed by atoms with van der Waals surface area (Å²) in [6.07, 6.45) is -4.80. The molecule has 0 aliphatic carbocycles. The van der Waals surface area contributed by atoms with E-state index in [1.165, 1.54) is 12.1 Å². The molecule has 9 heteroatoms. The van der Waals surface area contributed by atoms with Crippen molar-refractivity contribution in [1.29, 1.82) is 0 Å². The van der Waals surface area contributed by atoms with E-state index < -0.39 is 18.1 Å². The summed E-state index contributed by atoms with van der Waals surface area (Å²) in [7, 11) is 0. The number of aromatic nitrogens is 3. The molecule has 0 radical (unpaired) electrons. The second-order valence-electron chi connectivity index (χ2n) is 3.82. The Labute approximate surface area is 116 Å². The molecule has 112 valence electrons. The molecule has 0 unspecified atom stereocenters. The largest absolute Gasteiger partial charge is 0.573 e. The Bertz CT molecular complexity index is 640. The van der Waals surface area contributed by atoms with Crippen LogP contribution in [0.3, 0.4) is 0 Å². The number of hydrogen-bond acceptors (Lipinski definition) is 5. The molecule has 2 rings (SSSR count). The fraction of sp³-hybridized carbons (Fsp3) is 0.250. The summed E-state index contributed by atoms with van der Waals surface area (Å²) in [4.78, 5) is 11.7. The molecule has 1 aromatic heterocycles. The minimum absolute atomic E-state index is 0.0843. The lowest BCUT2D eigenvalue weighted by atomic mass is 10.1. The number of aromatic amines is 1. The fourth-order valence-electron chi connectivity index (χ4n) is 1.61. The molecule has 0 atom stereocenters. The quantitative estimate of drug-likeness (QED) is 0.878. The van der Waals surface area contributed by atoms with E-state index in [-0.39, 0.29) is 23.6 Å². The van der Waals surface area contributed by atoms with Gasteiger partial charge in [0.05, 0.1) is 6.61 Å². The zero-order valence-electron chi connectivity index (χ0n) is 10.8. The molecule has 21 heavy (non-hydrogen) atoms. The molecule has 0 fully saturated rings. The first kappa shape index (κ1) is 14.8. The number of benzene rings is 1. The number of ether oxygens (including phenoxy) is 2. The number of rotatable bonds is 4. The van der Waals surface area contributed by atoms with Crippen molar-refractivity contribution in [2.24, 2.45) is 0 Å². The zero-order valence-corrected chi connectivity index (χ0v) is 10.8. The Morgan fingerprint density at radius 3 is 2.76 bits per heavy atom. The Hall–Kier alpha value is -2.58.